The molecule has 2 nitrogen and oxygen atoms in total. The van der Waals surface area contributed by atoms with Gasteiger partial charge in [0.1, 0.15) is 0 Å². The molecule has 0 aliphatic carbocycles. The normalized spacial score (nSPS) is 14.1. The van der Waals surface area contributed by atoms with Crippen LogP contribution in [0.4, 0.5) is 0 Å². The highest BCUT2D eigenvalue weighted by Gasteiger charge is 2.25. The van der Waals surface area contributed by atoms with Crippen molar-refractivity contribution in [3.8, 4) is 6.07 Å². The van der Waals surface area contributed by atoms with Crippen molar-refractivity contribution in [2.45, 2.75) is 58.9 Å². The van der Waals surface area contributed by atoms with E-state index in [-0.39, 0.29) is 0 Å². The van der Waals surface area contributed by atoms with Crippen LogP contribution in [0.15, 0.2) is 0 Å². The largest absolute Gasteiger partial charge is 0.414 e. The number of rotatable bonds is 6. The van der Waals surface area contributed by atoms with Crippen LogP contribution in [0.25, 0.3) is 0 Å². The molecule has 1 unspecified atom stereocenters. The van der Waals surface area contributed by atoms with Gasteiger partial charge in [-0.25, -0.2) is 0 Å². The third-order valence-electron chi connectivity index (χ3n) is 2.51. The molecule has 82 valence electrons. The Balaban J connectivity index is 3.88. The molecule has 0 bridgehead atoms. The Morgan fingerprint density at radius 1 is 1.29 bits per heavy atom. The van der Waals surface area contributed by atoms with E-state index in [0.29, 0.717) is 18.4 Å². The number of hydrogen-bond donors (Lipinski definition) is 0. The van der Waals surface area contributed by atoms with Crippen LogP contribution in [0, 0.1) is 17.2 Å². The lowest BCUT2D eigenvalue weighted by Crippen LogP contribution is -2.36. The van der Waals surface area contributed by atoms with Gasteiger partial charge in [-0.15, -0.1) is 0 Å². The molecule has 0 N–H and O–H groups in total. The summed E-state index contributed by atoms with van der Waals surface area (Å²) in [5.74, 6) is 0.581. The van der Waals surface area contributed by atoms with Crippen molar-refractivity contribution in [3.63, 3.8) is 0 Å². The zero-order valence-corrected chi connectivity index (χ0v) is 11.1. The molecule has 0 aromatic carbocycles. The lowest BCUT2D eigenvalue weighted by atomic mass is 10.1. The van der Waals surface area contributed by atoms with Crippen molar-refractivity contribution >= 4 is 8.32 Å². The van der Waals surface area contributed by atoms with Gasteiger partial charge in [0.25, 0.3) is 0 Å². The third-order valence-corrected chi connectivity index (χ3v) is 5.08. The van der Waals surface area contributed by atoms with Crippen molar-refractivity contribution in [1.29, 1.82) is 5.26 Å². The standard InChI is InChI=1S/C11H23NOSi/c1-10(2)11(3)13-14(4,5)9-7-6-8-12/h10-11H,6-7,9H2,1-5H3. The Hall–Kier alpha value is -0.333. The molecular formula is C11H23NOSi. The van der Waals surface area contributed by atoms with Crippen LogP contribution in [0.2, 0.25) is 19.1 Å². The van der Waals surface area contributed by atoms with Crippen LogP contribution < -0.4 is 0 Å². The highest BCUT2D eigenvalue weighted by atomic mass is 28.4. The van der Waals surface area contributed by atoms with E-state index in [4.69, 9.17) is 9.69 Å². The fourth-order valence-electron chi connectivity index (χ4n) is 1.29. The van der Waals surface area contributed by atoms with Crippen LogP contribution in [-0.4, -0.2) is 14.4 Å². The first kappa shape index (κ1) is 13.7. The van der Waals surface area contributed by atoms with Gasteiger partial charge in [0.15, 0.2) is 8.32 Å². The fourth-order valence-corrected chi connectivity index (χ4v) is 3.72. The summed E-state index contributed by atoms with van der Waals surface area (Å²) in [6.45, 7) is 11.0. The first-order valence-corrected chi connectivity index (χ1v) is 8.55. The highest BCUT2D eigenvalue weighted by Crippen LogP contribution is 2.19. The van der Waals surface area contributed by atoms with Crippen molar-refractivity contribution in [3.05, 3.63) is 0 Å². The summed E-state index contributed by atoms with van der Waals surface area (Å²) < 4.78 is 6.08. The van der Waals surface area contributed by atoms with Crippen molar-refractivity contribution < 1.29 is 4.43 Å². The Morgan fingerprint density at radius 2 is 1.86 bits per heavy atom. The summed E-state index contributed by atoms with van der Waals surface area (Å²) in [6, 6.07) is 3.28. The molecular weight excluding hydrogens is 190 g/mol. The number of unbranched alkanes of at least 4 members (excludes halogenated alkanes) is 1. The van der Waals surface area contributed by atoms with Gasteiger partial charge >= 0.3 is 0 Å². The van der Waals surface area contributed by atoms with E-state index in [1.807, 2.05) is 0 Å². The minimum Gasteiger partial charge on any atom is -0.414 e. The molecule has 0 heterocycles. The Morgan fingerprint density at radius 3 is 2.29 bits per heavy atom. The maximum atomic E-state index is 8.46. The quantitative estimate of drug-likeness (QED) is 0.499. The van der Waals surface area contributed by atoms with E-state index in [9.17, 15) is 0 Å². The van der Waals surface area contributed by atoms with Gasteiger partial charge in [0, 0.05) is 12.5 Å². The molecule has 0 radical (unpaired) electrons. The first-order valence-electron chi connectivity index (χ1n) is 5.44. The fraction of sp³-hybridized carbons (Fsp3) is 0.909. The molecule has 1 atom stereocenters. The molecule has 0 aromatic rings. The summed E-state index contributed by atoms with van der Waals surface area (Å²) in [6.07, 6.45) is 2.00. The zero-order chi connectivity index (χ0) is 11.2. The van der Waals surface area contributed by atoms with Crippen LogP contribution in [0.1, 0.15) is 33.6 Å². The van der Waals surface area contributed by atoms with Gasteiger partial charge in [-0.2, -0.15) is 5.26 Å². The molecule has 0 aliphatic heterocycles. The average Bonchev–Trinajstić information content (AvgIpc) is 2.03. The van der Waals surface area contributed by atoms with Gasteiger partial charge in [0.2, 0.25) is 0 Å². The van der Waals surface area contributed by atoms with Crippen LogP contribution in [-0.2, 0) is 4.43 Å². The molecule has 0 saturated carbocycles. The highest BCUT2D eigenvalue weighted by molar-refractivity contribution is 6.71. The topological polar surface area (TPSA) is 33.0 Å². The molecule has 0 fully saturated rings. The Kier molecular flexibility index (Phi) is 6.06. The summed E-state index contributed by atoms with van der Waals surface area (Å²) in [5, 5.41) is 8.46. The second-order valence-electron chi connectivity index (χ2n) is 4.84. The van der Waals surface area contributed by atoms with Crippen LogP contribution in [0.5, 0.6) is 0 Å². The summed E-state index contributed by atoms with van der Waals surface area (Å²) in [7, 11) is -1.52. The molecule has 0 rings (SSSR count). The molecule has 0 saturated heterocycles. The smallest absolute Gasteiger partial charge is 0.187 e. The van der Waals surface area contributed by atoms with Crippen molar-refractivity contribution in [2.24, 2.45) is 5.92 Å². The Bertz CT molecular complexity index is 196. The lowest BCUT2D eigenvalue weighted by Gasteiger charge is -2.29. The number of nitriles is 1. The number of hydrogen-bond acceptors (Lipinski definition) is 2. The number of nitrogens with zero attached hydrogens (tertiary/aromatic N) is 1. The molecule has 3 heteroatoms. The van der Waals surface area contributed by atoms with Crippen LogP contribution >= 0.6 is 0 Å². The molecule has 0 amide bonds. The SMILES string of the molecule is CC(C)C(C)O[Si](C)(C)CCCC#N. The van der Waals surface area contributed by atoms with E-state index < -0.39 is 8.32 Å². The predicted octanol–water partition coefficient (Wildman–Crippen LogP) is 3.56. The second-order valence-corrected chi connectivity index (χ2v) is 9.09. The van der Waals surface area contributed by atoms with E-state index in [0.717, 1.165) is 12.5 Å². The van der Waals surface area contributed by atoms with Gasteiger partial charge in [-0.3, -0.25) is 0 Å². The van der Waals surface area contributed by atoms with Crippen molar-refractivity contribution in [2.75, 3.05) is 0 Å². The molecule has 0 spiro atoms. The second kappa shape index (κ2) is 6.21. The summed E-state index contributed by atoms with van der Waals surface area (Å²) in [4.78, 5) is 0. The molecule has 0 aliphatic rings. The molecule has 0 aromatic heterocycles. The van der Waals surface area contributed by atoms with E-state index >= 15 is 0 Å². The maximum absolute atomic E-state index is 8.46. The molecule has 14 heavy (non-hydrogen) atoms. The predicted molar refractivity (Wildman–Crippen MR) is 62.5 cm³/mol. The summed E-state index contributed by atoms with van der Waals surface area (Å²) in [5.41, 5.74) is 0. The zero-order valence-electron chi connectivity index (χ0n) is 10.1. The maximum Gasteiger partial charge on any atom is 0.187 e. The van der Waals surface area contributed by atoms with E-state index in [1.165, 1.54) is 0 Å². The van der Waals surface area contributed by atoms with E-state index in [2.05, 4.69) is 39.9 Å². The monoisotopic (exact) mass is 213 g/mol. The van der Waals surface area contributed by atoms with Gasteiger partial charge in [-0.05, 0) is 38.4 Å². The lowest BCUT2D eigenvalue weighted by molar-refractivity contribution is 0.160. The Labute approximate surface area is 89.4 Å². The van der Waals surface area contributed by atoms with E-state index in [1.54, 1.807) is 0 Å². The van der Waals surface area contributed by atoms with Gasteiger partial charge in [-0.1, -0.05) is 13.8 Å². The minimum atomic E-state index is -1.52. The van der Waals surface area contributed by atoms with Crippen molar-refractivity contribution in [1.82, 2.24) is 0 Å². The van der Waals surface area contributed by atoms with Gasteiger partial charge in [0.05, 0.1) is 6.07 Å². The first-order chi connectivity index (χ1) is 6.39. The van der Waals surface area contributed by atoms with Crippen LogP contribution in [0.3, 0.4) is 0 Å². The van der Waals surface area contributed by atoms with Gasteiger partial charge < -0.3 is 4.43 Å². The summed E-state index contributed by atoms with van der Waals surface area (Å²) >= 11 is 0. The minimum absolute atomic E-state index is 0.346. The average molecular weight is 213 g/mol. The third kappa shape index (κ3) is 6.17.